The molecule has 0 unspecified atom stereocenters. The van der Waals surface area contributed by atoms with Gasteiger partial charge in [0.25, 0.3) is 0 Å². The Morgan fingerprint density at radius 2 is 1.60 bits per heavy atom. The third-order valence-corrected chi connectivity index (χ3v) is 1.05. The van der Waals surface area contributed by atoms with Gasteiger partial charge >= 0.3 is 0 Å². The summed E-state index contributed by atoms with van der Waals surface area (Å²) in [5.41, 5.74) is 0. The second-order valence-corrected chi connectivity index (χ2v) is 2.80. The Bertz CT molecular complexity index is 149. The fraction of sp³-hybridized carbons (Fsp3) is 0.250. The van der Waals surface area contributed by atoms with E-state index in [9.17, 15) is 0 Å². The van der Waals surface area contributed by atoms with E-state index < -0.39 is 0 Å². The number of hydrogen-bond acceptors (Lipinski definition) is 2. The molecule has 0 amide bonds. The van der Waals surface area contributed by atoms with E-state index in [1.165, 1.54) is 0 Å². The highest BCUT2D eigenvalue weighted by Gasteiger charge is 1.73. The fourth-order valence-corrected chi connectivity index (χ4v) is 0.600. The van der Waals surface area contributed by atoms with Crippen LogP contribution in [-0.4, -0.2) is 5.75 Å². The molecule has 0 saturated heterocycles. The number of hydrogen-bond donors (Lipinski definition) is 2. The van der Waals surface area contributed by atoms with Crippen LogP contribution >= 0.6 is 25.3 Å². The molecule has 0 aliphatic carbocycles. The van der Waals surface area contributed by atoms with Crippen LogP contribution in [0.25, 0.3) is 0 Å². The second kappa shape index (κ2) is 7.03. The van der Waals surface area contributed by atoms with Crippen molar-refractivity contribution in [1.29, 1.82) is 0 Å². The molecule has 0 fully saturated rings. The summed E-state index contributed by atoms with van der Waals surface area (Å²) in [5.74, 6) is 0.944. The molecular weight excluding hydrogens is 160 g/mol. The zero-order valence-electron chi connectivity index (χ0n) is 5.99. The van der Waals surface area contributed by atoms with Gasteiger partial charge in [0.1, 0.15) is 0 Å². The lowest BCUT2D eigenvalue weighted by Crippen LogP contribution is -1.56. The zero-order chi connectivity index (χ0) is 7.82. The molecule has 1 aromatic carbocycles. The lowest BCUT2D eigenvalue weighted by atomic mass is 10.4. The van der Waals surface area contributed by atoms with E-state index in [0.29, 0.717) is 0 Å². The molecule has 2 heteroatoms. The second-order valence-electron chi connectivity index (χ2n) is 1.65. The normalized spacial score (nSPS) is 7.90. The molecule has 0 aliphatic heterocycles. The van der Waals surface area contributed by atoms with Gasteiger partial charge < -0.3 is 0 Å². The first-order chi connectivity index (χ1) is 4.81. The van der Waals surface area contributed by atoms with Crippen LogP contribution in [0.5, 0.6) is 0 Å². The van der Waals surface area contributed by atoms with Gasteiger partial charge in [-0.3, -0.25) is 0 Å². The third-order valence-electron chi connectivity index (χ3n) is 0.756. The van der Waals surface area contributed by atoms with E-state index in [0.717, 1.165) is 10.6 Å². The maximum absolute atomic E-state index is 4.08. The van der Waals surface area contributed by atoms with Crippen LogP contribution in [0.3, 0.4) is 0 Å². The molecular formula is C8H12S2. The van der Waals surface area contributed by atoms with E-state index in [1.807, 2.05) is 37.3 Å². The van der Waals surface area contributed by atoms with Crippen molar-refractivity contribution in [3.63, 3.8) is 0 Å². The molecule has 0 nitrogen and oxygen atoms in total. The van der Waals surface area contributed by atoms with Gasteiger partial charge in [-0.15, -0.1) is 12.6 Å². The monoisotopic (exact) mass is 172 g/mol. The Morgan fingerprint density at radius 1 is 1.20 bits per heavy atom. The molecule has 0 bridgehead atoms. The van der Waals surface area contributed by atoms with E-state index in [-0.39, 0.29) is 0 Å². The first-order valence-corrected chi connectivity index (χ1v) is 4.24. The summed E-state index contributed by atoms with van der Waals surface area (Å²) in [6, 6.07) is 9.79. The van der Waals surface area contributed by atoms with Gasteiger partial charge in [0.2, 0.25) is 0 Å². The first-order valence-electron chi connectivity index (χ1n) is 3.16. The highest BCUT2D eigenvalue weighted by atomic mass is 32.1. The van der Waals surface area contributed by atoms with Crippen LogP contribution in [-0.2, 0) is 0 Å². The van der Waals surface area contributed by atoms with Crippen LogP contribution in [0.4, 0.5) is 0 Å². The Morgan fingerprint density at radius 3 is 1.80 bits per heavy atom. The molecule has 0 heterocycles. The van der Waals surface area contributed by atoms with E-state index in [2.05, 4.69) is 25.3 Å². The lowest BCUT2D eigenvalue weighted by Gasteiger charge is -1.81. The Labute approximate surface area is 73.5 Å². The van der Waals surface area contributed by atoms with Crippen molar-refractivity contribution < 1.29 is 0 Å². The molecule has 56 valence electrons. The van der Waals surface area contributed by atoms with Crippen LogP contribution < -0.4 is 0 Å². The number of benzene rings is 1. The quantitative estimate of drug-likeness (QED) is 0.552. The van der Waals surface area contributed by atoms with E-state index in [4.69, 9.17) is 0 Å². The van der Waals surface area contributed by atoms with Crippen molar-refractivity contribution in [3.8, 4) is 0 Å². The fourth-order valence-electron chi connectivity index (χ4n) is 0.428. The molecule has 0 radical (unpaired) electrons. The predicted octanol–water partition coefficient (Wildman–Crippen LogP) is 2.91. The number of rotatable bonds is 0. The van der Waals surface area contributed by atoms with Crippen molar-refractivity contribution >= 4 is 25.3 Å². The van der Waals surface area contributed by atoms with Gasteiger partial charge in [-0.25, -0.2) is 0 Å². The molecule has 10 heavy (non-hydrogen) atoms. The number of thiol groups is 2. The molecule has 0 spiro atoms. The van der Waals surface area contributed by atoms with Crippen molar-refractivity contribution in [1.82, 2.24) is 0 Å². The standard InChI is InChI=1S/C6H6S.C2H6S/c7-6-4-2-1-3-5-6;1-2-3/h1-5,7H;3H,2H2,1H3. The molecule has 0 aromatic heterocycles. The van der Waals surface area contributed by atoms with Crippen molar-refractivity contribution in [2.24, 2.45) is 0 Å². The molecule has 1 aromatic rings. The largest absolute Gasteiger partial charge is 0.180 e. The summed E-state index contributed by atoms with van der Waals surface area (Å²) >= 11 is 7.87. The molecule has 0 N–H and O–H groups in total. The van der Waals surface area contributed by atoms with Gasteiger partial charge in [0, 0.05) is 4.90 Å². The zero-order valence-corrected chi connectivity index (χ0v) is 7.78. The smallest absolute Gasteiger partial charge is 0.00399 e. The average Bonchev–Trinajstić information content (AvgIpc) is 1.91. The van der Waals surface area contributed by atoms with Crippen LogP contribution in [0, 0.1) is 0 Å². The Balaban J connectivity index is 0.000000236. The van der Waals surface area contributed by atoms with Crippen LogP contribution in [0.2, 0.25) is 0 Å². The molecule has 0 aliphatic rings. The minimum atomic E-state index is 0.944. The molecule has 0 saturated carbocycles. The minimum Gasteiger partial charge on any atom is -0.180 e. The maximum atomic E-state index is 4.08. The van der Waals surface area contributed by atoms with Gasteiger partial charge in [-0.2, -0.15) is 12.6 Å². The molecule has 1 rings (SSSR count). The third kappa shape index (κ3) is 6.05. The Hall–Kier alpha value is -0.0800. The predicted molar refractivity (Wildman–Crippen MR) is 53.2 cm³/mol. The van der Waals surface area contributed by atoms with E-state index in [1.54, 1.807) is 0 Å². The average molecular weight is 172 g/mol. The summed E-state index contributed by atoms with van der Waals surface area (Å²) in [7, 11) is 0. The van der Waals surface area contributed by atoms with Gasteiger partial charge in [-0.05, 0) is 17.9 Å². The highest BCUT2D eigenvalue weighted by Crippen LogP contribution is 2.00. The minimum absolute atomic E-state index is 0.944. The summed E-state index contributed by atoms with van der Waals surface area (Å²) in [4.78, 5) is 1.02. The van der Waals surface area contributed by atoms with Gasteiger partial charge in [0.15, 0.2) is 0 Å². The SMILES string of the molecule is CCS.Sc1ccccc1. The maximum Gasteiger partial charge on any atom is 0.00399 e. The van der Waals surface area contributed by atoms with Crippen LogP contribution in [0.1, 0.15) is 6.92 Å². The molecule has 0 atom stereocenters. The van der Waals surface area contributed by atoms with Crippen molar-refractivity contribution in [2.75, 3.05) is 5.75 Å². The summed E-state index contributed by atoms with van der Waals surface area (Å²) in [5, 5.41) is 0. The van der Waals surface area contributed by atoms with Crippen molar-refractivity contribution in [3.05, 3.63) is 30.3 Å². The van der Waals surface area contributed by atoms with Gasteiger partial charge in [-0.1, -0.05) is 25.1 Å². The van der Waals surface area contributed by atoms with Crippen LogP contribution in [0.15, 0.2) is 35.2 Å². The lowest BCUT2D eigenvalue weighted by molar-refractivity contribution is 1.48. The topological polar surface area (TPSA) is 0 Å². The summed E-state index contributed by atoms with van der Waals surface area (Å²) in [6.07, 6.45) is 0. The van der Waals surface area contributed by atoms with Crippen molar-refractivity contribution in [2.45, 2.75) is 11.8 Å². The summed E-state index contributed by atoms with van der Waals surface area (Å²) < 4.78 is 0. The highest BCUT2D eigenvalue weighted by molar-refractivity contribution is 7.80. The summed E-state index contributed by atoms with van der Waals surface area (Å²) in [6.45, 7) is 1.99. The van der Waals surface area contributed by atoms with E-state index >= 15 is 0 Å². The first kappa shape index (κ1) is 9.92. The Kier molecular flexibility index (Phi) is 6.98. The van der Waals surface area contributed by atoms with Gasteiger partial charge in [0.05, 0.1) is 0 Å².